The van der Waals surface area contributed by atoms with E-state index < -0.39 is 11.8 Å². The largest absolute Gasteiger partial charge is 0.348 e. The molecule has 3 N–H and O–H groups in total. The Morgan fingerprint density at radius 1 is 1.47 bits per heavy atom. The monoisotopic (exact) mass is 211 g/mol. The van der Waals surface area contributed by atoms with Crippen LogP contribution >= 0.6 is 0 Å². The van der Waals surface area contributed by atoms with Crippen LogP contribution in [0.4, 0.5) is 5.95 Å². The average molecular weight is 211 g/mol. The lowest BCUT2D eigenvalue weighted by Gasteiger charge is -2.02. The molecule has 1 aromatic heterocycles. The van der Waals surface area contributed by atoms with Crippen molar-refractivity contribution in [1.29, 1.82) is 0 Å². The van der Waals surface area contributed by atoms with Crippen molar-refractivity contribution in [3.63, 3.8) is 0 Å². The van der Waals surface area contributed by atoms with Gasteiger partial charge >= 0.3 is 11.8 Å². The van der Waals surface area contributed by atoms with Crippen LogP contribution in [0.3, 0.4) is 0 Å². The van der Waals surface area contributed by atoms with E-state index in [4.69, 9.17) is 0 Å². The van der Waals surface area contributed by atoms with E-state index in [2.05, 4.69) is 25.8 Å². The van der Waals surface area contributed by atoms with Crippen LogP contribution in [0, 0.1) is 0 Å². The van der Waals surface area contributed by atoms with E-state index in [0.717, 1.165) is 12.8 Å². The van der Waals surface area contributed by atoms with Crippen LogP contribution < -0.4 is 10.6 Å². The Hall–Kier alpha value is -1.92. The van der Waals surface area contributed by atoms with E-state index >= 15 is 0 Å². The highest BCUT2D eigenvalue weighted by Crippen LogP contribution is 1.91. The van der Waals surface area contributed by atoms with Gasteiger partial charge in [-0.25, -0.2) is 5.10 Å². The molecule has 0 aliphatic carbocycles. The van der Waals surface area contributed by atoms with E-state index in [9.17, 15) is 9.59 Å². The van der Waals surface area contributed by atoms with Crippen molar-refractivity contribution in [3.05, 3.63) is 6.33 Å². The number of rotatable bonds is 4. The molecule has 7 heteroatoms. The van der Waals surface area contributed by atoms with Gasteiger partial charge in [0.25, 0.3) is 0 Å². The molecule has 0 aliphatic heterocycles. The summed E-state index contributed by atoms with van der Waals surface area (Å²) >= 11 is 0. The maximum Gasteiger partial charge on any atom is 0.316 e. The molecule has 0 aliphatic rings. The van der Waals surface area contributed by atoms with Gasteiger partial charge in [0.2, 0.25) is 5.95 Å². The summed E-state index contributed by atoms with van der Waals surface area (Å²) in [6, 6.07) is 0. The summed E-state index contributed by atoms with van der Waals surface area (Å²) in [4.78, 5) is 26.0. The molecule has 0 aromatic carbocycles. The third-order valence-electron chi connectivity index (χ3n) is 1.67. The second-order valence-electron chi connectivity index (χ2n) is 2.90. The zero-order valence-corrected chi connectivity index (χ0v) is 8.41. The van der Waals surface area contributed by atoms with E-state index in [1.165, 1.54) is 6.33 Å². The van der Waals surface area contributed by atoms with Gasteiger partial charge in [0.1, 0.15) is 6.33 Å². The Bertz CT molecular complexity index is 322. The van der Waals surface area contributed by atoms with Gasteiger partial charge in [-0.1, -0.05) is 13.3 Å². The molecule has 0 spiro atoms. The topological polar surface area (TPSA) is 99.8 Å². The Morgan fingerprint density at radius 3 is 2.87 bits per heavy atom. The van der Waals surface area contributed by atoms with E-state index in [0.29, 0.717) is 6.54 Å². The minimum atomic E-state index is -0.747. The van der Waals surface area contributed by atoms with Crippen LogP contribution in [0.1, 0.15) is 19.8 Å². The molecular formula is C8H13N5O2. The van der Waals surface area contributed by atoms with Crippen molar-refractivity contribution in [2.75, 3.05) is 11.9 Å². The summed E-state index contributed by atoms with van der Waals surface area (Å²) in [5.41, 5.74) is 0. The van der Waals surface area contributed by atoms with Crippen molar-refractivity contribution in [3.8, 4) is 0 Å². The Kier molecular flexibility index (Phi) is 4.27. The maximum absolute atomic E-state index is 11.2. The molecule has 0 unspecified atom stereocenters. The zero-order chi connectivity index (χ0) is 11.1. The molecule has 1 heterocycles. The Morgan fingerprint density at radius 2 is 2.27 bits per heavy atom. The summed E-state index contributed by atoms with van der Waals surface area (Å²) in [5, 5.41) is 10.7. The van der Waals surface area contributed by atoms with Crippen LogP contribution in [-0.2, 0) is 9.59 Å². The van der Waals surface area contributed by atoms with Gasteiger partial charge < -0.3 is 5.32 Å². The summed E-state index contributed by atoms with van der Waals surface area (Å²) < 4.78 is 0. The van der Waals surface area contributed by atoms with Crippen molar-refractivity contribution in [2.45, 2.75) is 19.8 Å². The number of aromatic nitrogens is 3. The number of amides is 2. The molecule has 82 valence electrons. The predicted octanol–water partition coefficient (Wildman–Crippen LogP) is -0.341. The normalized spacial score (nSPS) is 9.67. The number of unbranched alkanes of at least 4 members (excludes halogenated alkanes) is 1. The third-order valence-corrected chi connectivity index (χ3v) is 1.67. The van der Waals surface area contributed by atoms with Gasteiger partial charge in [-0.15, -0.1) is 0 Å². The van der Waals surface area contributed by atoms with Gasteiger partial charge in [-0.05, 0) is 6.42 Å². The van der Waals surface area contributed by atoms with Gasteiger partial charge in [0.15, 0.2) is 0 Å². The molecule has 15 heavy (non-hydrogen) atoms. The van der Waals surface area contributed by atoms with E-state index in [-0.39, 0.29) is 5.95 Å². The fourth-order valence-corrected chi connectivity index (χ4v) is 0.889. The van der Waals surface area contributed by atoms with E-state index in [1.54, 1.807) is 0 Å². The highest BCUT2D eigenvalue weighted by atomic mass is 16.2. The predicted molar refractivity (Wildman–Crippen MR) is 52.9 cm³/mol. The number of carbonyl (C=O) groups is 2. The molecule has 7 nitrogen and oxygen atoms in total. The zero-order valence-electron chi connectivity index (χ0n) is 8.41. The smallest absolute Gasteiger partial charge is 0.316 e. The molecule has 0 saturated heterocycles. The number of carbonyl (C=O) groups excluding carboxylic acids is 2. The maximum atomic E-state index is 11.2. The van der Waals surface area contributed by atoms with Crippen LogP contribution in [0.25, 0.3) is 0 Å². The number of hydrogen-bond donors (Lipinski definition) is 3. The number of hydrogen-bond acceptors (Lipinski definition) is 4. The van der Waals surface area contributed by atoms with Gasteiger partial charge in [-0.3, -0.25) is 14.9 Å². The fourth-order valence-electron chi connectivity index (χ4n) is 0.889. The van der Waals surface area contributed by atoms with Crippen molar-refractivity contribution >= 4 is 17.8 Å². The lowest BCUT2D eigenvalue weighted by atomic mass is 10.3. The number of anilines is 1. The Balaban J connectivity index is 2.30. The van der Waals surface area contributed by atoms with Crippen molar-refractivity contribution in [1.82, 2.24) is 20.5 Å². The van der Waals surface area contributed by atoms with Crippen LogP contribution in [0.5, 0.6) is 0 Å². The number of nitrogens with zero attached hydrogens (tertiary/aromatic N) is 2. The second kappa shape index (κ2) is 5.74. The van der Waals surface area contributed by atoms with Crippen molar-refractivity contribution in [2.24, 2.45) is 0 Å². The quantitative estimate of drug-likeness (QED) is 0.468. The molecule has 0 saturated carbocycles. The molecular weight excluding hydrogens is 198 g/mol. The summed E-state index contributed by atoms with van der Waals surface area (Å²) in [5.74, 6) is -1.26. The first-order chi connectivity index (χ1) is 7.24. The number of H-pyrrole nitrogens is 1. The first-order valence-electron chi connectivity index (χ1n) is 4.68. The SMILES string of the molecule is CCCCNC(=O)C(=O)Nc1ncn[nH]1. The molecule has 0 fully saturated rings. The first kappa shape index (κ1) is 11.2. The summed E-state index contributed by atoms with van der Waals surface area (Å²) in [6.45, 7) is 2.50. The molecule has 1 aromatic rings. The number of aromatic amines is 1. The first-order valence-corrected chi connectivity index (χ1v) is 4.68. The molecule has 2 amide bonds. The number of nitrogens with one attached hydrogen (secondary N) is 3. The van der Waals surface area contributed by atoms with Crippen molar-refractivity contribution < 1.29 is 9.59 Å². The second-order valence-corrected chi connectivity index (χ2v) is 2.90. The van der Waals surface area contributed by atoms with Gasteiger partial charge in [0.05, 0.1) is 0 Å². The lowest BCUT2D eigenvalue weighted by molar-refractivity contribution is -0.136. The minimum Gasteiger partial charge on any atom is -0.348 e. The Labute approximate surface area is 86.7 Å². The van der Waals surface area contributed by atoms with Crippen LogP contribution in [0.15, 0.2) is 6.33 Å². The van der Waals surface area contributed by atoms with E-state index in [1.807, 2.05) is 6.92 Å². The average Bonchev–Trinajstić information content (AvgIpc) is 2.70. The highest BCUT2D eigenvalue weighted by Gasteiger charge is 2.13. The lowest BCUT2D eigenvalue weighted by Crippen LogP contribution is -2.36. The van der Waals surface area contributed by atoms with Gasteiger partial charge in [0, 0.05) is 6.54 Å². The fraction of sp³-hybridized carbons (Fsp3) is 0.500. The molecule has 1 rings (SSSR count). The molecule has 0 bridgehead atoms. The molecule has 0 radical (unpaired) electrons. The standard InChI is InChI=1S/C8H13N5O2/c1-2-3-4-9-6(14)7(15)12-8-10-5-11-13-8/h5H,2-4H2,1H3,(H,9,14)(H2,10,11,12,13,15). The third kappa shape index (κ3) is 3.75. The molecule has 0 atom stereocenters. The van der Waals surface area contributed by atoms with Gasteiger partial charge in [-0.2, -0.15) is 10.1 Å². The minimum absolute atomic E-state index is 0.158. The highest BCUT2D eigenvalue weighted by molar-refractivity contribution is 6.39. The summed E-state index contributed by atoms with van der Waals surface area (Å²) in [6.07, 6.45) is 3.05. The van der Waals surface area contributed by atoms with Crippen LogP contribution in [-0.4, -0.2) is 33.5 Å². The van der Waals surface area contributed by atoms with Crippen LogP contribution in [0.2, 0.25) is 0 Å². The summed E-state index contributed by atoms with van der Waals surface area (Å²) in [7, 11) is 0.